The minimum absolute atomic E-state index is 1.27. The van der Waals surface area contributed by atoms with E-state index in [-0.39, 0.29) is 0 Å². The zero-order valence-corrected chi connectivity index (χ0v) is 5.57. The quantitative estimate of drug-likeness (QED) is 0.237. The van der Waals surface area contributed by atoms with Crippen LogP contribution < -0.4 is 5.84 Å². The van der Waals surface area contributed by atoms with Gasteiger partial charge in [-0.1, -0.05) is 0 Å². The van der Waals surface area contributed by atoms with Gasteiger partial charge in [0, 0.05) is 20.0 Å². The number of hydrazine groups is 1. The van der Waals surface area contributed by atoms with Crippen LogP contribution in [0.2, 0.25) is 0 Å². The lowest BCUT2D eigenvalue weighted by atomic mass is 10.9. The molecule has 0 aliphatic carbocycles. The van der Waals surface area contributed by atoms with Gasteiger partial charge >= 0.3 is 0 Å². The van der Waals surface area contributed by atoms with Crippen LogP contribution >= 0.6 is 0 Å². The van der Waals surface area contributed by atoms with Gasteiger partial charge in [0.15, 0.2) is 0 Å². The second-order valence-electron chi connectivity index (χ2n) is 1.30. The number of hydrogen-bond donors (Lipinski definition) is 1. The summed E-state index contributed by atoms with van der Waals surface area (Å²) in [6, 6.07) is 0. The van der Waals surface area contributed by atoms with Crippen LogP contribution in [-0.2, 0) is 0 Å². The van der Waals surface area contributed by atoms with Crippen LogP contribution in [0, 0.1) is 0 Å². The maximum atomic E-state index is 5.28. The molecule has 0 spiro atoms. The molecule has 0 atom stereocenters. The van der Waals surface area contributed by atoms with Crippen molar-refractivity contribution < 1.29 is 0 Å². The Hall–Kier alpha value is -1.12. The fourth-order valence-electron chi connectivity index (χ4n) is 0.291. The molecule has 0 fully saturated rings. The third-order valence-corrected chi connectivity index (χ3v) is 0.585. The van der Waals surface area contributed by atoms with Crippen molar-refractivity contribution in [2.75, 3.05) is 14.1 Å². The summed E-state index contributed by atoms with van der Waals surface area (Å²) in [6.07, 6.45) is 2.94. The fourth-order valence-corrected chi connectivity index (χ4v) is 0.291. The average Bonchev–Trinajstić information content (AvgIpc) is 1.85. The molecule has 9 heavy (non-hydrogen) atoms. The van der Waals surface area contributed by atoms with E-state index in [1.54, 1.807) is 14.1 Å². The van der Waals surface area contributed by atoms with Gasteiger partial charge in [0.05, 0.1) is 6.20 Å². The highest BCUT2D eigenvalue weighted by molar-refractivity contribution is 5.61. The number of rotatable bonds is 2. The first-order valence-corrected chi connectivity index (χ1v) is 2.44. The molecule has 0 aliphatic rings. The second kappa shape index (κ2) is 5.03. The summed E-state index contributed by atoms with van der Waals surface area (Å²) < 4.78 is 0. The Labute approximate surface area is 54.4 Å². The molecule has 0 radical (unpaired) electrons. The normalized spacial score (nSPS) is 8.78. The van der Waals surface area contributed by atoms with E-state index in [1.807, 2.05) is 0 Å². The Kier molecular flexibility index (Phi) is 4.40. The predicted molar refractivity (Wildman–Crippen MR) is 38.4 cm³/mol. The lowest BCUT2D eigenvalue weighted by Gasteiger charge is -1.99. The smallest absolute Gasteiger partial charge is 0.104 e. The molecule has 0 unspecified atom stereocenters. The van der Waals surface area contributed by atoms with Crippen molar-refractivity contribution in [1.82, 2.24) is 5.01 Å². The SMILES string of the molecule is CN=C=CN(N)/C=N/C. The molecule has 0 aromatic heterocycles. The van der Waals surface area contributed by atoms with Crippen molar-refractivity contribution in [3.05, 3.63) is 6.20 Å². The minimum atomic E-state index is 1.27. The van der Waals surface area contributed by atoms with Crippen LogP contribution in [0.1, 0.15) is 0 Å². The maximum absolute atomic E-state index is 5.28. The van der Waals surface area contributed by atoms with Crippen molar-refractivity contribution >= 4 is 12.2 Å². The molecule has 0 bridgehead atoms. The van der Waals surface area contributed by atoms with Gasteiger partial charge in [-0.25, -0.2) is 10.8 Å². The summed E-state index contributed by atoms with van der Waals surface area (Å²) in [5.41, 5.74) is 0. The van der Waals surface area contributed by atoms with E-state index in [4.69, 9.17) is 5.84 Å². The number of aliphatic imine (C=N–C) groups is 2. The molecule has 0 aromatic carbocycles. The van der Waals surface area contributed by atoms with Gasteiger partial charge in [-0.2, -0.15) is 0 Å². The Morgan fingerprint density at radius 3 is 2.67 bits per heavy atom. The largest absolute Gasteiger partial charge is 0.277 e. The molecule has 0 saturated carbocycles. The van der Waals surface area contributed by atoms with Gasteiger partial charge in [0.25, 0.3) is 0 Å². The molecule has 4 nitrogen and oxygen atoms in total. The first kappa shape index (κ1) is 7.88. The van der Waals surface area contributed by atoms with E-state index >= 15 is 0 Å². The zero-order chi connectivity index (χ0) is 7.11. The highest BCUT2D eigenvalue weighted by Crippen LogP contribution is 1.66. The summed E-state index contributed by atoms with van der Waals surface area (Å²) in [7, 11) is 3.25. The van der Waals surface area contributed by atoms with Gasteiger partial charge in [-0.3, -0.25) is 10.0 Å². The highest BCUT2D eigenvalue weighted by atomic mass is 15.4. The molecule has 50 valence electrons. The van der Waals surface area contributed by atoms with Crippen molar-refractivity contribution in [3.8, 4) is 0 Å². The Morgan fingerprint density at radius 1 is 1.56 bits per heavy atom. The third kappa shape index (κ3) is 4.74. The van der Waals surface area contributed by atoms with Gasteiger partial charge in [0.1, 0.15) is 6.34 Å². The lowest BCUT2D eigenvalue weighted by molar-refractivity contribution is 0.620. The van der Waals surface area contributed by atoms with Gasteiger partial charge in [-0.15, -0.1) is 0 Å². The second-order valence-corrected chi connectivity index (χ2v) is 1.30. The molecular formula is C5H10N4. The summed E-state index contributed by atoms with van der Waals surface area (Å²) in [5, 5.41) is 1.27. The first-order valence-electron chi connectivity index (χ1n) is 2.44. The zero-order valence-electron chi connectivity index (χ0n) is 5.57. The van der Waals surface area contributed by atoms with Crippen LogP contribution in [0.5, 0.6) is 0 Å². The summed E-state index contributed by atoms with van der Waals surface area (Å²) in [6.45, 7) is 0. The molecule has 0 saturated heterocycles. The lowest BCUT2D eigenvalue weighted by Crippen LogP contribution is -2.22. The molecule has 0 aromatic rings. The monoisotopic (exact) mass is 126 g/mol. The van der Waals surface area contributed by atoms with Crippen molar-refractivity contribution in [2.24, 2.45) is 15.8 Å². The van der Waals surface area contributed by atoms with Crippen LogP contribution in [-0.4, -0.2) is 31.3 Å². The Bertz CT molecular complexity index is 143. The summed E-state index contributed by atoms with van der Waals surface area (Å²) in [4.78, 5) is 7.22. The van der Waals surface area contributed by atoms with Crippen LogP contribution in [0.25, 0.3) is 0 Å². The Morgan fingerprint density at radius 2 is 2.22 bits per heavy atom. The molecule has 0 heterocycles. The van der Waals surface area contributed by atoms with Crippen molar-refractivity contribution in [1.29, 1.82) is 0 Å². The number of nitrogens with zero attached hydrogens (tertiary/aromatic N) is 3. The molecule has 0 amide bonds. The fraction of sp³-hybridized carbons (Fsp3) is 0.400. The van der Waals surface area contributed by atoms with Crippen LogP contribution in [0.15, 0.2) is 16.2 Å². The predicted octanol–water partition coefficient (Wildman–Crippen LogP) is -0.367. The van der Waals surface area contributed by atoms with E-state index in [0.29, 0.717) is 0 Å². The molecule has 2 N–H and O–H groups in total. The van der Waals surface area contributed by atoms with Gasteiger partial charge in [-0.05, 0) is 0 Å². The van der Waals surface area contributed by atoms with Crippen LogP contribution in [0.4, 0.5) is 0 Å². The Balaban J connectivity index is 3.76. The van der Waals surface area contributed by atoms with Gasteiger partial charge < -0.3 is 0 Å². The van der Waals surface area contributed by atoms with E-state index in [1.165, 1.54) is 17.5 Å². The molecule has 0 aliphatic heterocycles. The summed E-state index contributed by atoms with van der Waals surface area (Å²) >= 11 is 0. The minimum Gasteiger partial charge on any atom is -0.277 e. The summed E-state index contributed by atoms with van der Waals surface area (Å²) in [5.74, 6) is 7.82. The van der Waals surface area contributed by atoms with E-state index < -0.39 is 0 Å². The molecule has 4 heteroatoms. The third-order valence-electron chi connectivity index (χ3n) is 0.585. The average molecular weight is 126 g/mol. The highest BCUT2D eigenvalue weighted by Gasteiger charge is 1.76. The maximum Gasteiger partial charge on any atom is 0.104 e. The molecule has 0 rings (SSSR count). The van der Waals surface area contributed by atoms with E-state index in [9.17, 15) is 0 Å². The first-order chi connectivity index (χ1) is 4.31. The number of nitrogens with two attached hydrogens (primary N) is 1. The van der Waals surface area contributed by atoms with E-state index in [2.05, 4.69) is 15.9 Å². The standard InChI is InChI=1S/C5H10N4/c1-7-3-4-9(6)5-8-2/h4-5H,6H2,1-2H3/b8-5+. The van der Waals surface area contributed by atoms with Gasteiger partial charge in [0.2, 0.25) is 0 Å². The van der Waals surface area contributed by atoms with Crippen LogP contribution in [0.3, 0.4) is 0 Å². The van der Waals surface area contributed by atoms with E-state index in [0.717, 1.165) is 0 Å². The van der Waals surface area contributed by atoms with Crippen molar-refractivity contribution in [2.45, 2.75) is 0 Å². The molecular weight excluding hydrogens is 116 g/mol. The van der Waals surface area contributed by atoms with Crippen molar-refractivity contribution in [3.63, 3.8) is 0 Å². The number of hydrogen-bond acceptors (Lipinski definition) is 3. The topological polar surface area (TPSA) is 54.0 Å².